The molecule has 260 valence electrons. The molecule has 2 aromatic rings. The van der Waals surface area contributed by atoms with E-state index >= 15 is 4.39 Å². The number of benzene rings is 2. The lowest BCUT2D eigenvalue weighted by Gasteiger charge is -2.39. The van der Waals surface area contributed by atoms with Gasteiger partial charge in [-0.3, -0.25) is 9.59 Å². The third-order valence-corrected chi connectivity index (χ3v) is 11.6. The minimum Gasteiger partial charge on any atom is -0.366 e. The highest BCUT2D eigenvalue weighted by Crippen LogP contribution is 2.48. The molecule has 4 aliphatic heterocycles. The third kappa shape index (κ3) is 7.62. The summed E-state index contributed by atoms with van der Waals surface area (Å²) in [6.07, 6.45) is 3.11. The Labute approximate surface area is 289 Å². The molecule has 4 heterocycles. The van der Waals surface area contributed by atoms with Gasteiger partial charge in [-0.25, -0.2) is 9.18 Å². The van der Waals surface area contributed by atoms with Crippen molar-refractivity contribution in [3.05, 3.63) is 59.4 Å². The molecule has 3 saturated heterocycles. The van der Waals surface area contributed by atoms with E-state index in [9.17, 15) is 14.4 Å². The van der Waals surface area contributed by atoms with Crippen molar-refractivity contribution in [3.63, 3.8) is 0 Å². The lowest BCUT2D eigenvalue weighted by atomic mass is 9.92. The lowest BCUT2D eigenvalue weighted by molar-refractivity contribution is -0.137. The highest BCUT2D eigenvalue weighted by Gasteiger charge is 2.45. The summed E-state index contributed by atoms with van der Waals surface area (Å²) in [5.41, 5.74) is 3.39. The molecule has 6 rings (SSSR count). The number of anilines is 2. The summed E-state index contributed by atoms with van der Waals surface area (Å²) in [6.45, 7) is 14.3. The number of hydrogen-bond donors (Lipinski definition) is 2. The highest BCUT2D eigenvalue weighted by atomic mass is 32.2. The molecular formula is C37H51FN6O3S. The van der Waals surface area contributed by atoms with Crippen LogP contribution in [0.5, 0.6) is 0 Å². The number of para-hydroxylation sites is 2. The van der Waals surface area contributed by atoms with E-state index in [2.05, 4.69) is 56.2 Å². The minimum absolute atomic E-state index is 0.00891. The standard InChI is InChI=1S/C37H51FN6O3S/c1-24-22-42(23-25(2)39-24)33-28(10-8-11-29(33)38)35-44(20-16-37(3,4)5)34(46)31(48-35)21-32(45)41-17-14-27(15-18-41)43-19-13-26-9-6-7-12-30(26)40-36(43)47/h6-12,24-25,27,31,35,39H,13-23H2,1-5H3,(H,40,47)/t24-,25+,31-,35+/m0/s1. The number of nitrogens with zero attached hydrogens (tertiary/aromatic N) is 4. The van der Waals surface area contributed by atoms with E-state index in [-0.39, 0.29) is 59.0 Å². The van der Waals surface area contributed by atoms with E-state index in [4.69, 9.17) is 0 Å². The zero-order chi connectivity index (χ0) is 34.2. The van der Waals surface area contributed by atoms with E-state index in [1.54, 1.807) is 6.07 Å². The fraction of sp³-hybridized carbons (Fsp3) is 0.595. The smallest absolute Gasteiger partial charge is 0.322 e. The molecule has 3 fully saturated rings. The number of thioether (sulfide) groups is 1. The van der Waals surface area contributed by atoms with Crippen LogP contribution in [0.15, 0.2) is 42.5 Å². The van der Waals surface area contributed by atoms with Crippen molar-refractivity contribution in [3.8, 4) is 0 Å². The van der Waals surface area contributed by atoms with Gasteiger partial charge < -0.3 is 30.2 Å². The van der Waals surface area contributed by atoms with Gasteiger partial charge in [-0.05, 0) is 62.6 Å². The summed E-state index contributed by atoms with van der Waals surface area (Å²) in [5.74, 6) is -0.356. The van der Waals surface area contributed by atoms with E-state index in [1.807, 2.05) is 39.0 Å². The van der Waals surface area contributed by atoms with Crippen molar-refractivity contribution in [1.82, 2.24) is 20.0 Å². The van der Waals surface area contributed by atoms with Crippen LogP contribution in [0.4, 0.5) is 20.6 Å². The molecule has 4 atom stereocenters. The number of piperazine rings is 1. The van der Waals surface area contributed by atoms with Gasteiger partial charge in [0.2, 0.25) is 11.8 Å². The Morgan fingerprint density at radius 3 is 2.40 bits per heavy atom. The Hall–Kier alpha value is -3.31. The maximum atomic E-state index is 15.7. The van der Waals surface area contributed by atoms with Crippen molar-refractivity contribution in [2.24, 2.45) is 5.41 Å². The summed E-state index contributed by atoms with van der Waals surface area (Å²) >= 11 is 1.49. The average molecular weight is 679 g/mol. The van der Waals surface area contributed by atoms with Gasteiger partial charge in [-0.15, -0.1) is 11.8 Å². The molecule has 9 nitrogen and oxygen atoms in total. The van der Waals surface area contributed by atoms with Crippen LogP contribution in [-0.4, -0.2) is 95.2 Å². The van der Waals surface area contributed by atoms with Gasteiger partial charge in [-0.1, -0.05) is 51.1 Å². The molecule has 4 amide bonds. The van der Waals surface area contributed by atoms with Crippen molar-refractivity contribution in [2.45, 2.75) is 95.5 Å². The number of fused-ring (bicyclic) bond motifs is 1. The maximum absolute atomic E-state index is 15.7. The average Bonchev–Trinajstić information content (AvgIpc) is 3.23. The first-order chi connectivity index (χ1) is 22.9. The molecule has 0 radical (unpaired) electrons. The SMILES string of the molecule is C[C@@H]1CN(c2c(F)cccc2[C@H]2S[C@@H](CC(=O)N3CCC(N4CCc5ccccc5NC4=O)CC3)C(=O)N2CCC(C)(C)C)C[C@H](C)N1. The van der Waals surface area contributed by atoms with Crippen LogP contribution >= 0.6 is 11.8 Å². The van der Waals surface area contributed by atoms with Gasteiger partial charge in [0.05, 0.1) is 10.9 Å². The number of piperidine rings is 1. The fourth-order valence-electron chi connectivity index (χ4n) is 7.67. The molecule has 0 aliphatic carbocycles. The number of carbonyl (C=O) groups is 3. The molecule has 2 N–H and O–H groups in total. The molecule has 11 heteroatoms. The van der Waals surface area contributed by atoms with Crippen LogP contribution in [0.2, 0.25) is 0 Å². The predicted octanol–water partition coefficient (Wildman–Crippen LogP) is 5.86. The van der Waals surface area contributed by atoms with Crippen LogP contribution in [0, 0.1) is 11.2 Å². The van der Waals surface area contributed by atoms with Gasteiger partial charge in [0.25, 0.3) is 0 Å². The first-order valence-corrected chi connectivity index (χ1v) is 18.5. The van der Waals surface area contributed by atoms with Crippen molar-refractivity contribution in [2.75, 3.05) is 49.5 Å². The summed E-state index contributed by atoms with van der Waals surface area (Å²) in [5, 5.41) is 5.68. The van der Waals surface area contributed by atoms with E-state index in [1.165, 1.54) is 17.8 Å². The zero-order valence-electron chi connectivity index (χ0n) is 29.0. The van der Waals surface area contributed by atoms with Crippen LogP contribution < -0.4 is 15.5 Å². The molecule has 0 bridgehead atoms. The molecule has 0 unspecified atom stereocenters. The molecule has 4 aliphatic rings. The molecule has 0 spiro atoms. The fourth-order valence-corrected chi connectivity index (χ4v) is 9.17. The van der Waals surface area contributed by atoms with Gasteiger partial charge in [-0.2, -0.15) is 0 Å². The molecule has 0 aromatic heterocycles. The number of hydrogen-bond acceptors (Lipinski definition) is 6. The third-order valence-electron chi connectivity index (χ3n) is 10.2. The Kier molecular flexibility index (Phi) is 10.3. The van der Waals surface area contributed by atoms with E-state index < -0.39 is 5.25 Å². The molecular weight excluding hydrogens is 628 g/mol. The topological polar surface area (TPSA) is 88.2 Å². The van der Waals surface area contributed by atoms with Crippen LogP contribution in [0.3, 0.4) is 0 Å². The molecule has 2 aromatic carbocycles. The number of urea groups is 1. The largest absolute Gasteiger partial charge is 0.366 e. The van der Waals surface area contributed by atoms with Gasteiger partial charge >= 0.3 is 6.03 Å². The number of rotatable bonds is 7. The number of likely N-dealkylation sites (tertiary alicyclic amines) is 1. The lowest BCUT2D eigenvalue weighted by Crippen LogP contribution is -2.54. The number of nitrogens with one attached hydrogen (secondary N) is 2. The predicted molar refractivity (Wildman–Crippen MR) is 191 cm³/mol. The van der Waals surface area contributed by atoms with Crippen LogP contribution in [0.1, 0.15) is 76.8 Å². The van der Waals surface area contributed by atoms with E-state index in [0.29, 0.717) is 57.8 Å². The number of halogens is 1. The monoisotopic (exact) mass is 678 g/mol. The number of carbonyl (C=O) groups excluding carboxylic acids is 3. The second-order valence-corrected chi connectivity index (χ2v) is 16.5. The Balaban J connectivity index is 1.14. The first-order valence-electron chi connectivity index (χ1n) is 17.6. The van der Waals surface area contributed by atoms with Crippen LogP contribution in [0.25, 0.3) is 0 Å². The Morgan fingerprint density at radius 2 is 1.69 bits per heavy atom. The van der Waals surface area contributed by atoms with Gasteiger partial charge in [0.1, 0.15) is 11.2 Å². The first kappa shape index (κ1) is 34.5. The van der Waals surface area contributed by atoms with Crippen LogP contribution in [-0.2, 0) is 16.0 Å². The van der Waals surface area contributed by atoms with Gasteiger partial charge in [0, 0.05) is 75.1 Å². The quantitative estimate of drug-likeness (QED) is 0.382. The second-order valence-electron chi connectivity index (χ2n) is 15.2. The van der Waals surface area contributed by atoms with Crippen molar-refractivity contribution >= 4 is 41.0 Å². The normalized spacial score (nSPS) is 25.6. The highest BCUT2D eigenvalue weighted by molar-refractivity contribution is 8.01. The summed E-state index contributed by atoms with van der Waals surface area (Å²) in [4.78, 5) is 48.7. The summed E-state index contributed by atoms with van der Waals surface area (Å²) < 4.78 is 15.7. The van der Waals surface area contributed by atoms with E-state index in [0.717, 1.165) is 29.7 Å². The Bertz CT molecular complexity index is 1500. The maximum Gasteiger partial charge on any atom is 0.322 e. The minimum atomic E-state index is -0.535. The van der Waals surface area contributed by atoms with Gasteiger partial charge in [0.15, 0.2) is 0 Å². The molecule has 48 heavy (non-hydrogen) atoms. The summed E-state index contributed by atoms with van der Waals surface area (Å²) in [6, 6.07) is 13.5. The van der Waals surface area contributed by atoms with Crippen molar-refractivity contribution < 1.29 is 18.8 Å². The zero-order valence-corrected chi connectivity index (χ0v) is 29.8. The Morgan fingerprint density at radius 1 is 0.979 bits per heavy atom. The second kappa shape index (κ2) is 14.3. The molecule has 0 saturated carbocycles. The summed E-state index contributed by atoms with van der Waals surface area (Å²) in [7, 11) is 0. The van der Waals surface area contributed by atoms with Crippen molar-refractivity contribution in [1.29, 1.82) is 0 Å². The number of amides is 4.